The third-order valence-corrected chi connectivity index (χ3v) is 5.73. The monoisotopic (exact) mass is 345 g/mol. The molecule has 5 rings (SSSR count). The molecule has 0 aliphatic carbocycles. The van der Waals surface area contributed by atoms with Crippen LogP contribution in [0.3, 0.4) is 0 Å². The molecule has 1 saturated heterocycles. The number of fused-ring (bicyclic) bond motifs is 4. The van der Waals surface area contributed by atoms with Crippen molar-refractivity contribution in [3.8, 4) is 5.75 Å². The van der Waals surface area contributed by atoms with Crippen LogP contribution in [0.4, 0.5) is 0 Å². The van der Waals surface area contributed by atoms with Crippen LogP contribution in [0, 0.1) is 6.92 Å². The lowest BCUT2D eigenvalue weighted by Gasteiger charge is -2.12. The summed E-state index contributed by atoms with van der Waals surface area (Å²) in [5.74, 6) is 0.947. The van der Waals surface area contributed by atoms with Gasteiger partial charge >= 0.3 is 0 Å². The second-order valence-corrected chi connectivity index (χ2v) is 7.34. The zero-order valence-electron chi connectivity index (χ0n) is 15.2. The van der Waals surface area contributed by atoms with Crippen LogP contribution in [0.2, 0.25) is 0 Å². The Bertz CT molecular complexity index is 1120. The molecule has 0 radical (unpaired) electrons. The Balaban J connectivity index is 1.65. The lowest BCUT2D eigenvalue weighted by molar-refractivity contribution is 0.277. The first-order chi connectivity index (χ1) is 12.7. The molecule has 2 aromatic heterocycles. The summed E-state index contributed by atoms with van der Waals surface area (Å²) >= 11 is 0. The number of aromatic nitrogens is 2. The molecular weight excluding hydrogens is 322 g/mol. The predicted molar refractivity (Wildman–Crippen MR) is 107 cm³/mol. The standard InChI is InChI=1S/C22H23N3O/c1-14-18-7-9-23-12-15(18)10-20-19-11-17(26-13-16-4-3-8-24-16)5-6-21(19)25(2)22(14)20/h5-7,9-12,16,24H,3-4,8,13H2,1-2H3/t16-/m0/s1. The van der Waals surface area contributed by atoms with E-state index < -0.39 is 0 Å². The normalized spacial score (nSPS) is 17.5. The molecule has 2 aromatic carbocycles. The van der Waals surface area contributed by atoms with Crippen LogP contribution in [0.1, 0.15) is 18.4 Å². The molecule has 4 aromatic rings. The third-order valence-electron chi connectivity index (χ3n) is 5.73. The fourth-order valence-corrected chi connectivity index (χ4v) is 4.38. The van der Waals surface area contributed by atoms with Crippen LogP contribution in [-0.2, 0) is 7.05 Å². The zero-order chi connectivity index (χ0) is 17.7. The highest BCUT2D eigenvalue weighted by atomic mass is 16.5. The van der Waals surface area contributed by atoms with Gasteiger partial charge in [-0.25, -0.2) is 0 Å². The van der Waals surface area contributed by atoms with Gasteiger partial charge < -0.3 is 14.6 Å². The Kier molecular flexibility index (Phi) is 3.61. The summed E-state index contributed by atoms with van der Waals surface area (Å²) in [6, 6.07) is 11.3. The Labute approximate surface area is 152 Å². The van der Waals surface area contributed by atoms with Crippen molar-refractivity contribution in [3.63, 3.8) is 0 Å². The van der Waals surface area contributed by atoms with E-state index in [0.717, 1.165) is 18.9 Å². The van der Waals surface area contributed by atoms with Crippen LogP contribution in [0.5, 0.6) is 5.75 Å². The molecule has 1 N–H and O–H groups in total. The highest BCUT2D eigenvalue weighted by molar-refractivity contribution is 6.14. The first kappa shape index (κ1) is 15.6. The summed E-state index contributed by atoms with van der Waals surface area (Å²) in [5, 5.41) is 8.45. The van der Waals surface area contributed by atoms with Crippen molar-refractivity contribution in [1.29, 1.82) is 0 Å². The molecule has 1 atom stereocenters. The van der Waals surface area contributed by atoms with Gasteiger partial charge in [0.05, 0.1) is 5.52 Å². The van der Waals surface area contributed by atoms with Crippen LogP contribution in [-0.4, -0.2) is 28.7 Å². The molecule has 0 bridgehead atoms. The Morgan fingerprint density at radius 3 is 2.96 bits per heavy atom. The fraction of sp³-hybridized carbons (Fsp3) is 0.318. The first-order valence-corrected chi connectivity index (χ1v) is 9.34. The van der Waals surface area contributed by atoms with Gasteiger partial charge in [0.2, 0.25) is 0 Å². The summed E-state index contributed by atoms with van der Waals surface area (Å²) < 4.78 is 8.38. The van der Waals surface area contributed by atoms with Gasteiger partial charge in [0.15, 0.2) is 0 Å². The molecule has 1 aliphatic rings. The quantitative estimate of drug-likeness (QED) is 0.601. The van der Waals surface area contributed by atoms with Gasteiger partial charge in [-0.2, -0.15) is 0 Å². The summed E-state index contributed by atoms with van der Waals surface area (Å²) in [5.41, 5.74) is 3.82. The molecule has 3 heterocycles. The molecule has 1 fully saturated rings. The van der Waals surface area contributed by atoms with Gasteiger partial charge in [0.1, 0.15) is 12.4 Å². The fourth-order valence-electron chi connectivity index (χ4n) is 4.38. The summed E-state index contributed by atoms with van der Waals surface area (Å²) in [6.45, 7) is 4.05. The van der Waals surface area contributed by atoms with Crippen molar-refractivity contribution in [2.24, 2.45) is 7.05 Å². The SMILES string of the molecule is Cc1c2ccncc2cc2c3cc(OC[C@@H]4CCCN4)ccc3n(C)c12. The average molecular weight is 345 g/mol. The number of pyridine rings is 1. The van der Waals surface area contributed by atoms with Crippen molar-refractivity contribution in [3.05, 3.63) is 48.3 Å². The number of aryl methyl sites for hydroxylation is 2. The smallest absolute Gasteiger partial charge is 0.120 e. The van der Waals surface area contributed by atoms with Crippen molar-refractivity contribution >= 4 is 32.6 Å². The van der Waals surface area contributed by atoms with Crippen molar-refractivity contribution in [1.82, 2.24) is 14.9 Å². The second-order valence-electron chi connectivity index (χ2n) is 7.34. The van der Waals surface area contributed by atoms with E-state index in [0.29, 0.717) is 6.04 Å². The predicted octanol–water partition coefficient (Wildman–Crippen LogP) is 4.32. The van der Waals surface area contributed by atoms with Crippen molar-refractivity contribution in [2.75, 3.05) is 13.2 Å². The van der Waals surface area contributed by atoms with Crippen LogP contribution >= 0.6 is 0 Å². The Hall–Kier alpha value is -2.59. The number of hydrogen-bond acceptors (Lipinski definition) is 3. The first-order valence-electron chi connectivity index (χ1n) is 9.34. The Morgan fingerprint density at radius 2 is 2.12 bits per heavy atom. The summed E-state index contributed by atoms with van der Waals surface area (Å²) in [6.07, 6.45) is 6.27. The average Bonchev–Trinajstić information content (AvgIpc) is 3.28. The minimum absolute atomic E-state index is 0.482. The van der Waals surface area contributed by atoms with E-state index in [-0.39, 0.29) is 0 Å². The van der Waals surface area contributed by atoms with Crippen molar-refractivity contribution in [2.45, 2.75) is 25.8 Å². The highest BCUT2D eigenvalue weighted by Gasteiger charge is 2.16. The van der Waals surface area contributed by atoms with E-state index >= 15 is 0 Å². The molecule has 4 nitrogen and oxygen atoms in total. The number of benzene rings is 2. The highest BCUT2D eigenvalue weighted by Crippen LogP contribution is 2.36. The molecule has 0 amide bonds. The third kappa shape index (κ3) is 2.36. The molecule has 132 valence electrons. The lowest BCUT2D eigenvalue weighted by atomic mass is 10.0. The van der Waals surface area contributed by atoms with E-state index in [1.165, 1.54) is 51.0 Å². The minimum Gasteiger partial charge on any atom is -0.492 e. The maximum atomic E-state index is 6.09. The Morgan fingerprint density at radius 1 is 1.19 bits per heavy atom. The molecule has 0 spiro atoms. The topological polar surface area (TPSA) is 39.1 Å². The van der Waals surface area contributed by atoms with Gasteiger partial charge in [-0.1, -0.05) is 0 Å². The maximum Gasteiger partial charge on any atom is 0.120 e. The van der Waals surface area contributed by atoms with Gasteiger partial charge in [-0.3, -0.25) is 4.98 Å². The summed E-state index contributed by atoms with van der Waals surface area (Å²) in [4.78, 5) is 4.30. The lowest BCUT2D eigenvalue weighted by Crippen LogP contribution is -2.28. The van der Waals surface area contributed by atoms with Gasteiger partial charge in [-0.15, -0.1) is 0 Å². The van der Waals surface area contributed by atoms with Gasteiger partial charge in [-0.05, 0) is 67.6 Å². The van der Waals surface area contributed by atoms with E-state index in [9.17, 15) is 0 Å². The van der Waals surface area contributed by atoms with Crippen molar-refractivity contribution < 1.29 is 4.74 Å². The van der Waals surface area contributed by atoms with E-state index in [4.69, 9.17) is 4.74 Å². The van der Waals surface area contributed by atoms with Gasteiger partial charge in [0.25, 0.3) is 0 Å². The molecule has 4 heteroatoms. The van der Waals surface area contributed by atoms with E-state index in [2.05, 4.69) is 59.2 Å². The number of hydrogen-bond donors (Lipinski definition) is 1. The number of nitrogens with zero attached hydrogens (tertiary/aromatic N) is 2. The van der Waals surface area contributed by atoms with Crippen LogP contribution < -0.4 is 10.1 Å². The minimum atomic E-state index is 0.482. The largest absolute Gasteiger partial charge is 0.492 e. The molecule has 1 aliphatic heterocycles. The molecular formula is C22H23N3O. The van der Waals surface area contributed by atoms with Gasteiger partial charge in [0, 0.05) is 47.2 Å². The maximum absolute atomic E-state index is 6.09. The number of nitrogens with one attached hydrogen (secondary N) is 1. The molecule has 0 saturated carbocycles. The molecule has 0 unspecified atom stereocenters. The summed E-state index contributed by atoms with van der Waals surface area (Å²) in [7, 11) is 2.15. The van der Waals surface area contributed by atoms with Crippen LogP contribution in [0.15, 0.2) is 42.7 Å². The number of ether oxygens (including phenoxy) is 1. The van der Waals surface area contributed by atoms with Crippen LogP contribution in [0.25, 0.3) is 32.6 Å². The van der Waals surface area contributed by atoms with E-state index in [1.54, 1.807) is 0 Å². The van der Waals surface area contributed by atoms with E-state index in [1.807, 2.05) is 12.4 Å². The second kappa shape index (κ2) is 5.99. The zero-order valence-corrected chi connectivity index (χ0v) is 15.2. The number of rotatable bonds is 3. The molecule has 26 heavy (non-hydrogen) atoms.